The first-order valence-corrected chi connectivity index (χ1v) is 19.4. The van der Waals surface area contributed by atoms with Gasteiger partial charge < -0.3 is 13.9 Å². The van der Waals surface area contributed by atoms with Gasteiger partial charge in [-0.2, -0.15) is 0 Å². The maximum atomic E-state index is 6.30. The lowest BCUT2D eigenvalue weighted by Gasteiger charge is -2.27. The zero-order chi connectivity index (χ0) is 37.7. The summed E-state index contributed by atoms with van der Waals surface area (Å²) >= 11 is 0. The molecule has 0 fully saturated rings. The normalized spacial score (nSPS) is 11.5. The van der Waals surface area contributed by atoms with Crippen LogP contribution < -0.4 is 4.90 Å². The lowest BCUT2D eigenvalue weighted by molar-refractivity contribution is 0.669. The molecule has 0 saturated carbocycles. The van der Waals surface area contributed by atoms with Crippen molar-refractivity contribution in [1.82, 2.24) is 4.57 Å². The van der Waals surface area contributed by atoms with Crippen LogP contribution in [-0.2, 0) is 0 Å². The van der Waals surface area contributed by atoms with E-state index >= 15 is 0 Å². The van der Waals surface area contributed by atoms with Crippen molar-refractivity contribution < 1.29 is 4.42 Å². The van der Waals surface area contributed by atoms with Crippen molar-refractivity contribution in [2.75, 3.05) is 4.90 Å². The smallest absolute Gasteiger partial charge is 0.136 e. The number of anilines is 3. The fourth-order valence-electron chi connectivity index (χ4n) is 8.61. The molecule has 0 unspecified atom stereocenters. The highest BCUT2D eigenvalue weighted by Gasteiger charge is 2.19. The van der Waals surface area contributed by atoms with Crippen molar-refractivity contribution in [2.45, 2.75) is 0 Å². The largest absolute Gasteiger partial charge is 0.456 e. The second-order valence-electron chi connectivity index (χ2n) is 14.5. The Morgan fingerprint density at radius 3 is 1.63 bits per heavy atom. The molecule has 2 aromatic heterocycles. The molecule has 0 N–H and O–H groups in total. The van der Waals surface area contributed by atoms with E-state index in [0.717, 1.165) is 61.4 Å². The lowest BCUT2D eigenvalue weighted by Crippen LogP contribution is -2.10. The topological polar surface area (TPSA) is 21.3 Å². The van der Waals surface area contributed by atoms with Crippen LogP contribution >= 0.6 is 0 Å². The van der Waals surface area contributed by atoms with Gasteiger partial charge in [0.05, 0.1) is 16.7 Å². The zero-order valence-corrected chi connectivity index (χ0v) is 31.1. The third kappa shape index (κ3) is 5.60. The first-order valence-electron chi connectivity index (χ1n) is 19.4. The molecule has 57 heavy (non-hydrogen) atoms. The number of furan rings is 1. The molecular weight excluding hydrogens is 693 g/mol. The number of rotatable bonds is 7. The zero-order valence-electron chi connectivity index (χ0n) is 31.1. The van der Waals surface area contributed by atoms with Crippen molar-refractivity contribution in [1.29, 1.82) is 0 Å². The molecule has 0 saturated heterocycles. The minimum absolute atomic E-state index is 0.892. The van der Waals surface area contributed by atoms with Gasteiger partial charge in [-0.3, -0.25) is 0 Å². The fourth-order valence-corrected chi connectivity index (χ4v) is 8.61. The number of para-hydroxylation sites is 4. The molecule has 0 atom stereocenters. The summed E-state index contributed by atoms with van der Waals surface area (Å²) in [6, 6.07) is 78.1. The average molecular weight is 729 g/mol. The highest BCUT2D eigenvalue weighted by atomic mass is 16.3. The molecule has 3 nitrogen and oxygen atoms in total. The first kappa shape index (κ1) is 32.8. The Bertz CT molecular complexity index is 3190. The second-order valence-corrected chi connectivity index (χ2v) is 14.5. The van der Waals surface area contributed by atoms with E-state index in [1.54, 1.807) is 0 Å². The van der Waals surface area contributed by atoms with Crippen LogP contribution in [0.1, 0.15) is 0 Å². The number of hydrogen-bond donors (Lipinski definition) is 0. The standard InChI is InChI=1S/C54H36N2O/c1-2-15-37(16-3-1)39-17-12-19-42(35-39)55(43-20-13-18-40(36-43)45-25-14-30-53-54(45)48-24-7-11-29-52(48)57-53)41-33-31-38(32-34-41)44-21-4-8-26-49(44)56-50-27-9-5-22-46(50)47-23-6-10-28-51(47)56/h1-36H. The van der Waals surface area contributed by atoms with Crippen molar-refractivity contribution >= 4 is 60.8 Å². The van der Waals surface area contributed by atoms with Gasteiger partial charge >= 0.3 is 0 Å². The number of fused-ring (bicyclic) bond motifs is 6. The van der Waals surface area contributed by atoms with Gasteiger partial charge in [0, 0.05) is 44.2 Å². The predicted octanol–water partition coefficient (Wildman–Crippen LogP) is 15.2. The number of benzene rings is 9. The Morgan fingerprint density at radius 1 is 0.333 bits per heavy atom. The Morgan fingerprint density at radius 2 is 0.877 bits per heavy atom. The molecular formula is C54H36N2O. The van der Waals surface area contributed by atoms with E-state index in [4.69, 9.17) is 4.42 Å². The molecule has 3 heteroatoms. The Balaban J connectivity index is 1.06. The summed E-state index contributed by atoms with van der Waals surface area (Å²) in [4.78, 5) is 2.37. The third-order valence-corrected chi connectivity index (χ3v) is 11.2. The van der Waals surface area contributed by atoms with Crippen LogP contribution in [0.4, 0.5) is 17.1 Å². The number of hydrogen-bond acceptors (Lipinski definition) is 2. The van der Waals surface area contributed by atoms with E-state index < -0.39 is 0 Å². The van der Waals surface area contributed by atoms with E-state index in [1.165, 1.54) is 38.5 Å². The molecule has 0 spiro atoms. The van der Waals surface area contributed by atoms with Gasteiger partial charge in [0.2, 0.25) is 0 Å². The molecule has 0 radical (unpaired) electrons. The Labute approximate surface area is 330 Å². The maximum Gasteiger partial charge on any atom is 0.136 e. The third-order valence-electron chi connectivity index (χ3n) is 11.2. The van der Waals surface area contributed by atoms with Gasteiger partial charge in [0.1, 0.15) is 11.2 Å². The van der Waals surface area contributed by atoms with Gasteiger partial charge in [0.25, 0.3) is 0 Å². The van der Waals surface area contributed by atoms with Gasteiger partial charge in [-0.1, -0.05) is 152 Å². The average Bonchev–Trinajstić information content (AvgIpc) is 3.83. The van der Waals surface area contributed by atoms with Crippen molar-refractivity contribution in [3.8, 4) is 39.1 Å². The molecule has 0 aliphatic heterocycles. The molecule has 11 aromatic rings. The van der Waals surface area contributed by atoms with E-state index in [0.29, 0.717) is 0 Å². The summed E-state index contributed by atoms with van der Waals surface area (Å²) in [6.45, 7) is 0. The van der Waals surface area contributed by atoms with Crippen LogP contribution in [-0.4, -0.2) is 4.57 Å². The maximum absolute atomic E-state index is 6.30. The molecule has 2 heterocycles. The van der Waals surface area contributed by atoms with Crippen LogP contribution in [0.25, 0.3) is 82.8 Å². The van der Waals surface area contributed by atoms with Crippen LogP contribution in [0.15, 0.2) is 223 Å². The SMILES string of the molecule is c1ccc(-c2cccc(N(c3ccc(-c4ccccc4-n4c5ccccc5c5ccccc54)cc3)c3cccc(-c4cccc5oc6ccccc6c45)c3)c2)cc1. The summed E-state index contributed by atoms with van der Waals surface area (Å²) in [5, 5.41) is 4.77. The van der Waals surface area contributed by atoms with Gasteiger partial charge in [-0.05, 0) is 94.5 Å². The summed E-state index contributed by atoms with van der Waals surface area (Å²) < 4.78 is 8.70. The van der Waals surface area contributed by atoms with E-state index in [1.807, 2.05) is 12.1 Å². The minimum atomic E-state index is 0.892. The Hall–Kier alpha value is -7.62. The molecule has 9 aromatic carbocycles. The molecule has 11 rings (SSSR count). The highest BCUT2D eigenvalue weighted by molar-refractivity contribution is 6.13. The van der Waals surface area contributed by atoms with E-state index in [-0.39, 0.29) is 0 Å². The summed E-state index contributed by atoms with van der Waals surface area (Å²) in [7, 11) is 0. The van der Waals surface area contributed by atoms with Crippen LogP contribution in [0, 0.1) is 0 Å². The second kappa shape index (κ2) is 13.6. The number of aromatic nitrogens is 1. The van der Waals surface area contributed by atoms with Crippen molar-refractivity contribution in [3.05, 3.63) is 218 Å². The van der Waals surface area contributed by atoms with Crippen LogP contribution in [0.5, 0.6) is 0 Å². The monoisotopic (exact) mass is 728 g/mol. The Kier molecular flexibility index (Phi) is 7.82. The van der Waals surface area contributed by atoms with Gasteiger partial charge in [-0.15, -0.1) is 0 Å². The summed E-state index contributed by atoms with van der Waals surface area (Å²) in [5.74, 6) is 0. The summed E-state index contributed by atoms with van der Waals surface area (Å²) in [5.41, 5.74) is 15.5. The van der Waals surface area contributed by atoms with Crippen molar-refractivity contribution in [3.63, 3.8) is 0 Å². The van der Waals surface area contributed by atoms with Gasteiger partial charge in [-0.25, -0.2) is 0 Å². The molecule has 268 valence electrons. The highest BCUT2D eigenvalue weighted by Crippen LogP contribution is 2.42. The van der Waals surface area contributed by atoms with Gasteiger partial charge in [0.15, 0.2) is 0 Å². The predicted molar refractivity (Wildman–Crippen MR) is 239 cm³/mol. The molecule has 0 aliphatic rings. The van der Waals surface area contributed by atoms with E-state index in [9.17, 15) is 0 Å². The molecule has 0 bridgehead atoms. The molecule has 0 amide bonds. The summed E-state index contributed by atoms with van der Waals surface area (Å²) in [6.07, 6.45) is 0. The first-order chi connectivity index (χ1) is 28.3. The van der Waals surface area contributed by atoms with Crippen molar-refractivity contribution in [2.24, 2.45) is 0 Å². The molecule has 0 aliphatic carbocycles. The van der Waals surface area contributed by atoms with Crippen LogP contribution in [0.3, 0.4) is 0 Å². The van der Waals surface area contributed by atoms with Crippen LogP contribution in [0.2, 0.25) is 0 Å². The lowest BCUT2D eigenvalue weighted by atomic mass is 9.98. The quantitative estimate of drug-likeness (QED) is 0.163. The fraction of sp³-hybridized carbons (Fsp3) is 0. The minimum Gasteiger partial charge on any atom is -0.456 e. The number of nitrogens with zero attached hydrogens (tertiary/aromatic N) is 2. The van der Waals surface area contributed by atoms with E-state index in [2.05, 4.69) is 216 Å².